The fourth-order valence-corrected chi connectivity index (χ4v) is 1.61. The Morgan fingerprint density at radius 3 is 2.74 bits per heavy atom. The number of aromatic carboxylic acids is 1. The maximum Gasteiger partial charge on any atom is 0.422 e. The Kier molecular flexibility index (Phi) is 3.09. The molecule has 0 radical (unpaired) electrons. The average Bonchev–Trinajstić information content (AvgIpc) is 2.62. The van der Waals surface area contributed by atoms with Crippen molar-refractivity contribution >= 4 is 16.9 Å². The molecular weight excluding hydrogens is 265 g/mol. The first-order chi connectivity index (χ1) is 8.78. The van der Waals surface area contributed by atoms with Gasteiger partial charge in [-0.3, -0.25) is 4.68 Å². The van der Waals surface area contributed by atoms with E-state index in [0.29, 0.717) is 10.9 Å². The smallest absolute Gasteiger partial charge is 0.422 e. The summed E-state index contributed by atoms with van der Waals surface area (Å²) in [6, 6.07) is 3.98. The van der Waals surface area contributed by atoms with Crippen LogP contribution in [0.5, 0.6) is 5.88 Å². The van der Waals surface area contributed by atoms with Gasteiger partial charge in [-0.2, -0.15) is 13.2 Å². The number of hydrogen-bond acceptors (Lipinski definition) is 3. The normalized spacial score (nSPS) is 11.8. The highest BCUT2D eigenvalue weighted by Crippen LogP contribution is 2.27. The number of benzene rings is 1. The highest BCUT2D eigenvalue weighted by atomic mass is 19.4. The Morgan fingerprint density at radius 2 is 2.16 bits per heavy atom. The minimum Gasteiger partial charge on any atom is -0.478 e. The number of carbonyl (C=O) groups is 1. The molecule has 0 unspecified atom stereocenters. The molecule has 0 aliphatic carbocycles. The fraction of sp³-hybridized carbons (Fsp3) is 0.273. The maximum atomic E-state index is 12.1. The van der Waals surface area contributed by atoms with Crippen molar-refractivity contribution in [3.8, 4) is 5.88 Å². The van der Waals surface area contributed by atoms with Crippen molar-refractivity contribution in [2.45, 2.75) is 6.18 Å². The van der Waals surface area contributed by atoms with E-state index in [1.54, 1.807) is 0 Å². The molecule has 102 valence electrons. The Hall–Kier alpha value is -2.25. The molecule has 0 aliphatic rings. The number of aromatic nitrogens is 2. The lowest BCUT2D eigenvalue weighted by molar-refractivity contribution is -0.153. The van der Waals surface area contributed by atoms with Gasteiger partial charge in [-0.05, 0) is 18.2 Å². The lowest BCUT2D eigenvalue weighted by atomic mass is 10.1. The number of rotatable bonds is 3. The molecule has 0 saturated carbocycles. The van der Waals surface area contributed by atoms with E-state index in [2.05, 4.69) is 9.84 Å². The van der Waals surface area contributed by atoms with Crippen LogP contribution in [0.15, 0.2) is 18.2 Å². The molecule has 0 spiro atoms. The van der Waals surface area contributed by atoms with Crippen LogP contribution in [0.1, 0.15) is 10.4 Å². The van der Waals surface area contributed by atoms with Crippen molar-refractivity contribution in [1.29, 1.82) is 0 Å². The zero-order valence-electron chi connectivity index (χ0n) is 9.73. The van der Waals surface area contributed by atoms with Gasteiger partial charge in [0.1, 0.15) is 0 Å². The molecule has 0 saturated heterocycles. The third-order valence-electron chi connectivity index (χ3n) is 2.44. The topological polar surface area (TPSA) is 64.4 Å². The summed E-state index contributed by atoms with van der Waals surface area (Å²) in [7, 11) is 1.49. The van der Waals surface area contributed by atoms with E-state index in [1.807, 2.05) is 0 Å². The second-order valence-corrected chi connectivity index (χ2v) is 3.87. The Labute approximate surface area is 105 Å². The van der Waals surface area contributed by atoms with E-state index < -0.39 is 18.8 Å². The molecule has 0 fully saturated rings. The van der Waals surface area contributed by atoms with Crippen molar-refractivity contribution < 1.29 is 27.8 Å². The number of carboxylic acids is 1. The van der Waals surface area contributed by atoms with Crippen molar-refractivity contribution in [1.82, 2.24) is 9.78 Å². The SMILES string of the molecule is Cn1nc(OCC(F)(F)F)c2ccc(C(=O)O)cc21. The largest absolute Gasteiger partial charge is 0.478 e. The Balaban J connectivity index is 2.39. The summed E-state index contributed by atoms with van der Waals surface area (Å²) in [5.41, 5.74) is 0.412. The molecule has 5 nitrogen and oxygen atoms in total. The van der Waals surface area contributed by atoms with Gasteiger partial charge in [-0.1, -0.05) is 0 Å². The van der Waals surface area contributed by atoms with Crippen LogP contribution in [0.3, 0.4) is 0 Å². The monoisotopic (exact) mass is 274 g/mol. The summed E-state index contributed by atoms with van der Waals surface area (Å²) in [5.74, 6) is -1.30. The van der Waals surface area contributed by atoms with E-state index in [-0.39, 0.29) is 11.4 Å². The third kappa shape index (κ3) is 2.78. The summed E-state index contributed by atoms with van der Waals surface area (Å²) in [4.78, 5) is 10.8. The van der Waals surface area contributed by atoms with E-state index >= 15 is 0 Å². The van der Waals surface area contributed by atoms with Crippen LogP contribution in [-0.2, 0) is 7.05 Å². The van der Waals surface area contributed by atoms with Gasteiger partial charge in [-0.25, -0.2) is 4.79 Å². The quantitative estimate of drug-likeness (QED) is 0.932. The first kappa shape index (κ1) is 13.2. The van der Waals surface area contributed by atoms with E-state index in [1.165, 1.54) is 29.9 Å². The van der Waals surface area contributed by atoms with Crippen LogP contribution in [0.4, 0.5) is 13.2 Å². The summed E-state index contributed by atoms with van der Waals surface area (Å²) in [6.45, 7) is -1.44. The molecule has 1 heterocycles. The van der Waals surface area contributed by atoms with Gasteiger partial charge in [0.2, 0.25) is 5.88 Å². The number of nitrogens with zero attached hydrogens (tertiary/aromatic N) is 2. The van der Waals surface area contributed by atoms with Crippen molar-refractivity contribution in [3.05, 3.63) is 23.8 Å². The molecule has 0 atom stereocenters. The molecule has 2 rings (SSSR count). The minimum absolute atomic E-state index is 0.0258. The molecule has 1 aromatic heterocycles. The lowest BCUT2D eigenvalue weighted by Gasteiger charge is -2.06. The fourth-order valence-electron chi connectivity index (χ4n) is 1.61. The summed E-state index contributed by atoms with van der Waals surface area (Å²) in [5, 5.41) is 13.0. The van der Waals surface area contributed by atoms with Gasteiger partial charge in [0.05, 0.1) is 16.5 Å². The standard InChI is InChI=1S/C11H9F3N2O3/c1-16-8-4-6(10(17)18)2-3-7(8)9(15-16)19-5-11(12,13)14/h2-4H,5H2,1H3,(H,17,18). The molecular formula is C11H9F3N2O3. The second-order valence-electron chi connectivity index (χ2n) is 3.87. The molecule has 19 heavy (non-hydrogen) atoms. The summed E-state index contributed by atoms with van der Waals surface area (Å²) in [6.07, 6.45) is -4.45. The van der Waals surface area contributed by atoms with Gasteiger partial charge < -0.3 is 9.84 Å². The Bertz CT molecular complexity index is 634. The molecule has 1 N–H and O–H groups in total. The molecule has 0 bridgehead atoms. The predicted octanol–water partition coefficient (Wildman–Crippen LogP) is 2.21. The molecule has 8 heteroatoms. The minimum atomic E-state index is -4.45. The van der Waals surface area contributed by atoms with E-state index in [0.717, 1.165) is 0 Å². The highest BCUT2D eigenvalue weighted by Gasteiger charge is 2.29. The number of aryl methyl sites for hydroxylation is 1. The average molecular weight is 274 g/mol. The van der Waals surface area contributed by atoms with Crippen molar-refractivity contribution in [2.75, 3.05) is 6.61 Å². The molecule has 0 amide bonds. The third-order valence-corrected chi connectivity index (χ3v) is 2.44. The van der Waals surface area contributed by atoms with Gasteiger partial charge in [0.15, 0.2) is 6.61 Å². The van der Waals surface area contributed by atoms with Crippen LogP contribution in [0.25, 0.3) is 10.9 Å². The number of alkyl halides is 3. The van der Waals surface area contributed by atoms with Crippen LogP contribution in [0, 0.1) is 0 Å². The van der Waals surface area contributed by atoms with Crippen molar-refractivity contribution in [2.24, 2.45) is 7.05 Å². The van der Waals surface area contributed by atoms with Gasteiger partial charge in [-0.15, -0.1) is 5.10 Å². The number of fused-ring (bicyclic) bond motifs is 1. The number of halogens is 3. The Morgan fingerprint density at radius 1 is 1.47 bits per heavy atom. The predicted molar refractivity (Wildman–Crippen MR) is 59.2 cm³/mol. The zero-order chi connectivity index (χ0) is 14.2. The lowest BCUT2D eigenvalue weighted by Crippen LogP contribution is -2.19. The van der Waals surface area contributed by atoms with E-state index in [9.17, 15) is 18.0 Å². The van der Waals surface area contributed by atoms with Crippen LogP contribution in [0.2, 0.25) is 0 Å². The van der Waals surface area contributed by atoms with E-state index in [4.69, 9.17) is 5.11 Å². The highest BCUT2D eigenvalue weighted by molar-refractivity contribution is 5.94. The summed E-state index contributed by atoms with van der Waals surface area (Å²) >= 11 is 0. The number of ether oxygens (including phenoxy) is 1. The van der Waals surface area contributed by atoms with Crippen molar-refractivity contribution in [3.63, 3.8) is 0 Å². The number of carboxylic acid groups (broad SMARTS) is 1. The van der Waals surface area contributed by atoms with Crippen LogP contribution >= 0.6 is 0 Å². The van der Waals surface area contributed by atoms with Gasteiger partial charge >= 0.3 is 12.1 Å². The van der Waals surface area contributed by atoms with Gasteiger partial charge in [0, 0.05) is 7.05 Å². The second kappa shape index (κ2) is 4.45. The maximum absolute atomic E-state index is 12.1. The first-order valence-corrected chi connectivity index (χ1v) is 5.17. The number of hydrogen-bond donors (Lipinski definition) is 1. The molecule has 0 aliphatic heterocycles. The molecule has 1 aromatic carbocycles. The first-order valence-electron chi connectivity index (χ1n) is 5.17. The van der Waals surface area contributed by atoms with Crippen LogP contribution in [-0.4, -0.2) is 33.6 Å². The summed E-state index contributed by atoms with van der Waals surface area (Å²) < 4.78 is 42.1. The van der Waals surface area contributed by atoms with Gasteiger partial charge in [0.25, 0.3) is 0 Å². The van der Waals surface area contributed by atoms with Crippen LogP contribution < -0.4 is 4.74 Å². The zero-order valence-corrected chi connectivity index (χ0v) is 9.73. The molecule has 2 aromatic rings.